The lowest BCUT2D eigenvalue weighted by Crippen LogP contribution is -2.21. The second kappa shape index (κ2) is 24.0. The molecule has 0 saturated carbocycles. The Morgan fingerprint density at radius 2 is 0.667 bits per heavy atom. The van der Waals surface area contributed by atoms with Gasteiger partial charge in [0.25, 0.3) is 0 Å². The molecule has 0 aliphatic rings. The van der Waals surface area contributed by atoms with Gasteiger partial charge in [-0.15, -0.1) is 0 Å². The summed E-state index contributed by atoms with van der Waals surface area (Å²) in [5.41, 5.74) is 19.2. The molecule has 6 nitrogen and oxygen atoms in total. The smallest absolute Gasteiger partial charge is 0.0969 e. The van der Waals surface area contributed by atoms with Crippen LogP contribution in [0.25, 0.3) is 234 Å². The van der Waals surface area contributed by atoms with E-state index in [0.717, 1.165) is 34.3 Å². The van der Waals surface area contributed by atoms with Gasteiger partial charge in [0.15, 0.2) is 0 Å². The number of aromatic nitrogens is 6. The van der Waals surface area contributed by atoms with Gasteiger partial charge in [-0.1, -0.05) is 243 Å². The molecule has 111 heavy (non-hydrogen) atoms. The molecule has 19 aromatic carbocycles. The summed E-state index contributed by atoms with van der Waals surface area (Å²) in [5, 5.41) is 34.8. The zero-order chi connectivity index (χ0) is 73.5. The van der Waals surface area contributed by atoms with Gasteiger partial charge in [0.1, 0.15) is 0 Å². The fraction of sp³-hybridized carbons (Fsp3) is 0.0571. The Kier molecular flexibility index (Phi) is 13.6. The molecule has 0 amide bonds. The van der Waals surface area contributed by atoms with Gasteiger partial charge in [-0.2, -0.15) is 0 Å². The number of pyridine rings is 3. The first-order valence-electron chi connectivity index (χ1n) is 38.7. The second-order valence-corrected chi connectivity index (χ2v) is 31.1. The first kappa shape index (κ1) is 63.1. The number of aryl methyl sites for hydroxylation is 1. The number of para-hydroxylation sites is 1. The average Bonchev–Trinajstić information content (AvgIpc) is 1.64. The SMILES string of the molecule is CC(C)(C)n1c2cccnc2c2c3ccc4ccc(-c5ccccc5)c5ccc(cc21)c3c45.CCn1c2cccnc2c2c3ccc4ccc(-c5ccc6ccccc6c5)c5ccc(cc21)c3c45.c1ccc(-n2c3cccnc3c3c4ccc5ccc(-c6cc7ccccc7c7ccccc67)c6ccc(cc32)c4c56)cc1. The number of hydrogen-bond acceptors (Lipinski definition) is 3. The maximum atomic E-state index is 4.95. The Labute approximate surface area is 638 Å². The molecule has 0 fully saturated rings. The van der Waals surface area contributed by atoms with Crippen molar-refractivity contribution in [2.75, 3.05) is 0 Å². The predicted octanol–water partition coefficient (Wildman–Crippen LogP) is 28.5. The van der Waals surface area contributed by atoms with E-state index in [4.69, 9.17) is 15.0 Å². The minimum absolute atomic E-state index is 0.0513. The summed E-state index contributed by atoms with van der Waals surface area (Å²) in [5.74, 6) is 0. The van der Waals surface area contributed by atoms with Gasteiger partial charge >= 0.3 is 0 Å². The van der Waals surface area contributed by atoms with Crippen LogP contribution < -0.4 is 0 Å². The molecule has 520 valence electrons. The molecule has 0 spiro atoms. The van der Waals surface area contributed by atoms with Gasteiger partial charge in [0.05, 0.1) is 49.7 Å². The van der Waals surface area contributed by atoms with E-state index in [-0.39, 0.29) is 5.54 Å². The standard InChI is InChI=1S/C41H24N2.C33H22N2.C31H24N2/c1-2-10-28(11-3-1)43-36-15-8-22-42-41(36)40-34-21-17-25-16-19-32(33-20-18-27(24-37(40)43)39(34)38(25)33)35-23-26-9-4-5-12-29(26)30-13-6-7-14-31(30)35;1-2-35-28-8-5-17-34-33(28)32-27-16-12-21-11-14-25(23-10-9-20-6-3-4-7-22(20)18-23)26-15-13-24(19-29(32)35)31(27)30(21)26;1-31(2,3)33-25-10-7-17-32-30(25)29-24-16-12-20-11-14-22(19-8-5-4-6-9-19)23-15-13-21(18-26(29)33)28(24)27(20)23/h1-24H;3-19H,2H2,1H3;4-18H,1-3H3. The molecular weight excluding hydrogens is 1350 g/mol. The number of nitrogens with zero attached hydrogens (tertiary/aromatic N) is 6. The fourth-order valence-electron chi connectivity index (χ4n) is 19.5. The minimum atomic E-state index is -0.0513. The van der Waals surface area contributed by atoms with E-state index in [1.807, 2.05) is 36.8 Å². The summed E-state index contributed by atoms with van der Waals surface area (Å²) in [6, 6.07) is 118. The molecule has 0 unspecified atom stereocenters. The third-order valence-corrected chi connectivity index (χ3v) is 24.1. The highest BCUT2D eigenvalue weighted by atomic mass is 15.1. The largest absolute Gasteiger partial charge is 0.339 e. The summed E-state index contributed by atoms with van der Waals surface area (Å²) in [6.07, 6.45) is 5.75. The van der Waals surface area contributed by atoms with E-state index in [9.17, 15) is 0 Å². The normalized spacial score (nSPS) is 12.4. The van der Waals surface area contributed by atoms with Crippen LogP contribution in [0.4, 0.5) is 0 Å². The van der Waals surface area contributed by atoms with E-state index in [1.165, 1.54) is 206 Å². The summed E-state index contributed by atoms with van der Waals surface area (Å²) < 4.78 is 7.21. The summed E-state index contributed by atoms with van der Waals surface area (Å²) >= 11 is 0. The van der Waals surface area contributed by atoms with Gasteiger partial charge in [0.2, 0.25) is 0 Å². The zero-order valence-corrected chi connectivity index (χ0v) is 61.7. The van der Waals surface area contributed by atoms with E-state index in [0.29, 0.717) is 0 Å². The van der Waals surface area contributed by atoms with Crippen molar-refractivity contribution in [1.29, 1.82) is 0 Å². The van der Waals surface area contributed by atoms with Crippen LogP contribution in [0.3, 0.4) is 0 Å². The second-order valence-electron chi connectivity index (χ2n) is 31.1. The van der Waals surface area contributed by atoms with Gasteiger partial charge < -0.3 is 13.7 Å². The van der Waals surface area contributed by atoms with E-state index in [1.54, 1.807) is 0 Å². The predicted molar refractivity (Wildman–Crippen MR) is 474 cm³/mol. The molecule has 0 N–H and O–H groups in total. The van der Waals surface area contributed by atoms with Crippen LogP contribution in [0, 0.1) is 0 Å². The molecule has 0 aliphatic heterocycles. The van der Waals surface area contributed by atoms with Crippen LogP contribution in [0.15, 0.2) is 340 Å². The van der Waals surface area contributed by atoms with E-state index >= 15 is 0 Å². The molecule has 6 heteroatoms. The number of rotatable bonds is 5. The number of hydrogen-bond donors (Lipinski definition) is 0. The minimum Gasteiger partial charge on any atom is -0.339 e. The number of fused-ring (bicyclic) bond motifs is 16. The lowest BCUT2D eigenvalue weighted by molar-refractivity contribution is 0.423. The van der Waals surface area contributed by atoms with Crippen molar-refractivity contribution in [1.82, 2.24) is 28.7 Å². The lowest BCUT2D eigenvalue weighted by atomic mass is 9.86. The topological polar surface area (TPSA) is 53.5 Å². The maximum Gasteiger partial charge on any atom is 0.0969 e. The highest BCUT2D eigenvalue weighted by Crippen LogP contribution is 2.50. The highest BCUT2D eigenvalue weighted by Gasteiger charge is 2.27. The molecule has 25 rings (SSSR count). The van der Waals surface area contributed by atoms with E-state index < -0.39 is 0 Å². The lowest BCUT2D eigenvalue weighted by Gasteiger charge is -2.24. The average molecular weight is 1420 g/mol. The van der Waals surface area contributed by atoms with Crippen molar-refractivity contribution < 1.29 is 0 Å². The fourth-order valence-corrected chi connectivity index (χ4v) is 19.5. The summed E-state index contributed by atoms with van der Waals surface area (Å²) in [7, 11) is 0. The van der Waals surface area contributed by atoms with Crippen LogP contribution in [-0.4, -0.2) is 28.7 Å². The molecule has 6 heterocycles. The maximum absolute atomic E-state index is 4.95. The quantitative estimate of drug-likeness (QED) is 0.161. The Balaban J connectivity index is 0.000000101. The third kappa shape index (κ3) is 9.28. The van der Waals surface area contributed by atoms with Crippen molar-refractivity contribution in [2.45, 2.75) is 39.8 Å². The van der Waals surface area contributed by atoms with Crippen LogP contribution in [0.2, 0.25) is 0 Å². The molecule has 0 bridgehead atoms. The Morgan fingerprint density at radius 1 is 0.243 bits per heavy atom. The van der Waals surface area contributed by atoms with Crippen molar-refractivity contribution in [3.05, 3.63) is 340 Å². The highest BCUT2D eigenvalue weighted by molar-refractivity contribution is 6.37. The van der Waals surface area contributed by atoms with Crippen LogP contribution >= 0.6 is 0 Å². The first-order valence-corrected chi connectivity index (χ1v) is 38.7. The molecule has 0 atom stereocenters. The monoisotopic (exact) mass is 1410 g/mol. The zero-order valence-electron chi connectivity index (χ0n) is 61.7. The third-order valence-electron chi connectivity index (χ3n) is 24.1. The molecule has 0 saturated heterocycles. The molecule has 6 aromatic heterocycles. The van der Waals surface area contributed by atoms with Gasteiger partial charge in [-0.3, -0.25) is 15.0 Å². The molecular formula is C105H70N6. The van der Waals surface area contributed by atoms with Crippen LogP contribution in [-0.2, 0) is 12.1 Å². The Morgan fingerprint density at radius 3 is 1.28 bits per heavy atom. The first-order chi connectivity index (χ1) is 54.7. The molecule has 0 radical (unpaired) electrons. The summed E-state index contributed by atoms with van der Waals surface area (Å²) in [6.45, 7) is 9.95. The Hall–Kier alpha value is -14.1. The Bertz CT molecular complexity index is 8160. The van der Waals surface area contributed by atoms with Crippen molar-refractivity contribution in [2.24, 2.45) is 0 Å². The summed E-state index contributed by atoms with van der Waals surface area (Å²) in [4.78, 5) is 14.6. The van der Waals surface area contributed by atoms with Gasteiger partial charge in [0, 0.05) is 52.5 Å². The number of benzene rings is 19. The van der Waals surface area contributed by atoms with E-state index in [2.05, 4.69) is 345 Å². The van der Waals surface area contributed by atoms with Crippen molar-refractivity contribution >= 4 is 195 Å². The van der Waals surface area contributed by atoms with Gasteiger partial charge in [-0.25, -0.2) is 0 Å². The van der Waals surface area contributed by atoms with Crippen molar-refractivity contribution in [3.63, 3.8) is 0 Å². The van der Waals surface area contributed by atoms with Crippen LogP contribution in [0.1, 0.15) is 27.7 Å². The van der Waals surface area contributed by atoms with Crippen molar-refractivity contribution in [3.8, 4) is 39.1 Å². The molecule has 25 aromatic rings. The van der Waals surface area contributed by atoms with Gasteiger partial charge in [-0.05, 0) is 269 Å². The van der Waals surface area contributed by atoms with Crippen LogP contribution in [0.5, 0.6) is 0 Å². The molecule has 0 aliphatic carbocycles.